The number of hydrogen-bond acceptors (Lipinski definition) is 6. The van der Waals surface area contributed by atoms with Crippen LogP contribution < -0.4 is 21.7 Å². The Morgan fingerprint density at radius 3 is 2.00 bits per heavy atom. The molecule has 0 aromatic rings. The molecular formula is C15H26N4O7. The molecule has 0 aromatic heterocycles. The highest BCUT2D eigenvalue weighted by Gasteiger charge is 2.24. The molecule has 0 rings (SSSR count). The van der Waals surface area contributed by atoms with E-state index in [4.69, 9.17) is 15.9 Å². The van der Waals surface area contributed by atoms with Crippen LogP contribution in [-0.2, 0) is 24.0 Å². The standard InChI is InChI=1S/C15H26N4O7/c1-8(2)5-10(19-11(20)6-16)14(24)17-7-12(21)18-9(15(25)26)3-4-13(22)23/h8-10H,3-7,16H2,1-2H3,(H,17,24)(H,18,21)(H,19,20)(H,22,23)(H,25,26). The second-order valence-electron chi connectivity index (χ2n) is 6.06. The van der Waals surface area contributed by atoms with Crippen molar-refractivity contribution in [2.45, 2.75) is 45.2 Å². The molecule has 7 N–H and O–H groups in total. The third-order valence-corrected chi connectivity index (χ3v) is 3.25. The van der Waals surface area contributed by atoms with Gasteiger partial charge in [0.15, 0.2) is 0 Å². The lowest BCUT2D eigenvalue weighted by atomic mass is 10.0. The van der Waals surface area contributed by atoms with Gasteiger partial charge in [0.2, 0.25) is 17.7 Å². The van der Waals surface area contributed by atoms with Gasteiger partial charge in [0.05, 0.1) is 13.1 Å². The van der Waals surface area contributed by atoms with Gasteiger partial charge >= 0.3 is 11.9 Å². The maximum atomic E-state index is 12.1. The molecule has 0 aliphatic heterocycles. The number of nitrogens with two attached hydrogens (primary N) is 1. The summed E-state index contributed by atoms with van der Waals surface area (Å²) in [6.45, 7) is 2.90. The van der Waals surface area contributed by atoms with Crippen LogP contribution in [0.1, 0.15) is 33.1 Å². The molecule has 0 aliphatic carbocycles. The van der Waals surface area contributed by atoms with Gasteiger partial charge in [-0.2, -0.15) is 0 Å². The van der Waals surface area contributed by atoms with Crippen LogP contribution in [0.4, 0.5) is 0 Å². The van der Waals surface area contributed by atoms with Crippen molar-refractivity contribution in [3.8, 4) is 0 Å². The number of carboxylic acids is 2. The van der Waals surface area contributed by atoms with Crippen LogP contribution >= 0.6 is 0 Å². The van der Waals surface area contributed by atoms with E-state index in [9.17, 15) is 24.0 Å². The Bertz CT molecular complexity index is 536. The molecule has 148 valence electrons. The SMILES string of the molecule is CC(C)CC(NC(=O)CN)C(=O)NCC(=O)NC(CCC(=O)O)C(=O)O. The molecule has 3 amide bonds. The molecule has 0 spiro atoms. The van der Waals surface area contributed by atoms with Gasteiger partial charge < -0.3 is 31.9 Å². The van der Waals surface area contributed by atoms with Crippen molar-refractivity contribution in [2.24, 2.45) is 11.7 Å². The minimum atomic E-state index is -1.38. The Labute approximate surface area is 150 Å². The number of aliphatic carboxylic acids is 2. The third kappa shape index (κ3) is 10.2. The quantitative estimate of drug-likeness (QED) is 0.227. The normalized spacial score (nSPS) is 12.8. The highest BCUT2D eigenvalue weighted by Crippen LogP contribution is 2.05. The molecule has 2 atom stereocenters. The monoisotopic (exact) mass is 374 g/mol. The van der Waals surface area contributed by atoms with Crippen molar-refractivity contribution < 1.29 is 34.2 Å². The number of amides is 3. The molecule has 26 heavy (non-hydrogen) atoms. The summed E-state index contributed by atoms with van der Waals surface area (Å²) in [6, 6.07) is -2.25. The molecule has 0 bridgehead atoms. The number of carboxylic acid groups (broad SMARTS) is 2. The molecule has 0 aromatic carbocycles. The second kappa shape index (κ2) is 11.8. The van der Waals surface area contributed by atoms with Gasteiger partial charge in [-0.25, -0.2) is 4.79 Å². The summed E-state index contributed by atoms with van der Waals surface area (Å²) in [6.07, 6.45) is -0.381. The maximum absolute atomic E-state index is 12.1. The summed E-state index contributed by atoms with van der Waals surface area (Å²) in [5.74, 6) is -4.39. The van der Waals surface area contributed by atoms with Crippen LogP contribution in [-0.4, -0.2) is 65.0 Å². The molecule has 0 fully saturated rings. The first-order chi connectivity index (χ1) is 12.1. The summed E-state index contributed by atoms with van der Waals surface area (Å²) in [5, 5.41) is 24.4. The molecule has 0 radical (unpaired) electrons. The topological polar surface area (TPSA) is 188 Å². The molecule has 2 unspecified atom stereocenters. The molecular weight excluding hydrogens is 348 g/mol. The van der Waals surface area contributed by atoms with Crippen LogP contribution in [0.25, 0.3) is 0 Å². The van der Waals surface area contributed by atoms with E-state index in [1.807, 2.05) is 13.8 Å². The molecule has 0 saturated carbocycles. The van der Waals surface area contributed by atoms with Gasteiger partial charge in [-0.15, -0.1) is 0 Å². The lowest BCUT2D eigenvalue weighted by Gasteiger charge is -2.20. The van der Waals surface area contributed by atoms with E-state index < -0.39 is 54.7 Å². The number of carbonyl (C=O) groups is 5. The third-order valence-electron chi connectivity index (χ3n) is 3.25. The van der Waals surface area contributed by atoms with Gasteiger partial charge in [0.1, 0.15) is 12.1 Å². The number of carbonyl (C=O) groups excluding carboxylic acids is 3. The Morgan fingerprint density at radius 1 is 0.962 bits per heavy atom. The fraction of sp³-hybridized carbons (Fsp3) is 0.667. The van der Waals surface area contributed by atoms with Gasteiger partial charge in [-0.1, -0.05) is 13.8 Å². The summed E-state index contributed by atoms with van der Waals surface area (Å²) >= 11 is 0. The number of rotatable bonds is 12. The van der Waals surface area contributed by atoms with Crippen LogP contribution in [0, 0.1) is 5.92 Å². The van der Waals surface area contributed by atoms with Gasteiger partial charge in [-0.05, 0) is 18.8 Å². The van der Waals surface area contributed by atoms with Crippen LogP contribution in [0.5, 0.6) is 0 Å². The average Bonchev–Trinajstić information content (AvgIpc) is 2.54. The maximum Gasteiger partial charge on any atom is 0.326 e. The number of nitrogens with one attached hydrogen (secondary N) is 3. The van der Waals surface area contributed by atoms with Crippen LogP contribution in [0.3, 0.4) is 0 Å². The average molecular weight is 374 g/mol. The Kier molecular flexibility index (Phi) is 10.6. The second-order valence-corrected chi connectivity index (χ2v) is 6.06. The summed E-state index contributed by atoms with van der Waals surface area (Å²) in [5.41, 5.74) is 5.20. The molecule has 11 heteroatoms. The van der Waals surface area contributed by atoms with E-state index in [0.717, 1.165) is 0 Å². The van der Waals surface area contributed by atoms with E-state index in [0.29, 0.717) is 6.42 Å². The molecule has 11 nitrogen and oxygen atoms in total. The van der Waals surface area contributed by atoms with Gasteiger partial charge in [-0.3, -0.25) is 19.2 Å². The first-order valence-electron chi connectivity index (χ1n) is 8.07. The van der Waals surface area contributed by atoms with E-state index in [2.05, 4.69) is 16.0 Å². The van der Waals surface area contributed by atoms with Gasteiger partial charge in [0.25, 0.3) is 0 Å². The zero-order chi connectivity index (χ0) is 20.3. The predicted molar refractivity (Wildman–Crippen MR) is 89.9 cm³/mol. The summed E-state index contributed by atoms with van der Waals surface area (Å²) in [7, 11) is 0. The number of hydrogen-bond donors (Lipinski definition) is 6. The Morgan fingerprint density at radius 2 is 1.54 bits per heavy atom. The first kappa shape index (κ1) is 23.3. The summed E-state index contributed by atoms with van der Waals surface area (Å²) < 4.78 is 0. The predicted octanol–water partition coefficient (Wildman–Crippen LogP) is -1.97. The van der Waals surface area contributed by atoms with Crippen LogP contribution in [0.15, 0.2) is 0 Å². The lowest BCUT2D eigenvalue weighted by molar-refractivity contribution is -0.143. The van der Waals surface area contributed by atoms with Crippen molar-refractivity contribution in [1.29, 1.82) is 0 Å². The molecule has 0 heterocycles. The Balaban J connectivity index is 4.62. The van der Waals surface area contributed by atoms with Crippen molar-refractivity contribution >= 4 is 29.7 Å². The largest absolute Gasteiger partial charge is 0.481 e. The molecule has 0 saturated heterocycles. The zero-order valence-electron chi connectivity index (χ0n) is 14.8. The van der Waals surface area contributed by atoms with E-state index in [1.165, 1.54) is 0 Å². The van der Waals surface area contributed by atoms with Crippen molar-refractivity contribution in [3.63, 3.8) is 0 Å². The smallest absolute Gasteiger partial charge is 0.326 e. The van der Waals surface area contributed by atoms with Crippen molar-refractivity contribution in [2.75, 3.05) is 13.1 Å². The zero-order valence-corrected chi connectivity index (χ0v) is 14.8. The van der Waals surface area contributed by atoms with Crippen molar-refractivity contribution in [1.82, 2.24) is 16.0 Å². The Hall–Kier alpha value is -2.69. The lowest BCUT2D eigenvalue weighted by Crippen LogP contribution is -2.52. The highest BCUT2D eigenvalue weighted by atomic mass is 16.4. The summed E-state index contributed by atoms with van der Waals surface area (Å²) in [4.78, 5) is 56.8. The minimum Gasteiger partial charge on any atom is -0.481 e. The van der Waals surface area contributed by atoms with E-state index in [1.54, 1.807) is 0 Å². The minimum absolute atomic E-state index is 0.0880. The van der Waals surface area contributed by atoms with E-state index >= 15 is 0 Å². The fourth-order valence-corrected chi connectivity index (χ4v) is 2.02. The fourth-order valence-electron chi connectivity index (χ4n) is 2.02. The van der Waals surface area contributed by atoms with E-state index in [-0.39, 0.29) is 18.9 Å². The van der Waals surface area contributed by atoms with Crippen LogP contribution in [0.2, 0.25) is 0 Å². The molecule has 0 aliphatic rings. The first-order valence-corrected chi connectivity index (χ1v) is 8.07. The highest BCUT2D eigenvalue weighted by molar-refractivity contribution is 5.91. The van der Waals surface area contributed by atoms with Crippen molar-refractivity contribution in [3.05, 3.63) is 0 Å². The van der Waals surface area contributed by atoms with Gasteiger partial charge in [0, 0.05) is 6.42 Å².